The van der Waals surface area contributed by atoms with E-state index in [2.05, 4.69) is 27.8 Å². The summed E-state index contributed by atoms with van der Waals surface area (Å²) in [6.45, 7) is 3.45. The van der Waals surface area contributed by atoms with Crippen molar-refractivity contribution in [2.24, 2.45) is 0 Å². The van der Waals surface area contributed by atoms with Crippen molar-refractivity contribution in [2.45, 2.75) is 19.5 Å². The smallest absolute Gasteiger partial charge is 0.137 e. The SMILES string of the molecule is COCC(C)N(C)Cc1cccc(F)c1Br. The molecule has 0 aliphatic rings. The van der Waals surface area contributed by atoms with Crippen LogP contribution in [0.1, 0.15) is 12.5 Å². The summed E-state index contributed by atoms with van der Waals surface area (Å²) in [7, 11) is 3.68. The van der Waals surface area contributed by atoms with Gasteiger partial charge in [-0.2, -0.15) is 0 Å². The molecule has 0 radical (unpaired) electrons. The zero-order valence-corrected chi connectivity index (χ0v) is 11.4. The Bertz CT molecular complexity index is 346. The van der Waals surface area contributed by atoms with Gasteiger partial charge in [0.25, 0.3) is 0 Å². The molecule has 0 saturated heterocycles. The van der Waals surface area contributed by atoms with E-state index in [1.807, 2.05) is 13.1 Å². The Morgan fingerprint density at radius 2 is 2.19 bits per heavy atom. The van der Waals surface area contributed by atoms with Crippen molar-refractivity contribution in [3.05, 3.63) is 34.1 Å². The van der Waals surface area contributed by atoms with Crippen LogP contribution in [0.25, 0.3) is 0 Å². The lowest BCUT2D eigenvalue weighted by atomic mass is 10.2. The molecule has 0 N–H and O–H groups in total. The van der Waals surface area contributed by atoms with Gasteiger partial charge in [-0.05, 0) is 41.5 Å². The van der Waals surface area contributed by atoms with Gasteiger partial charge in [0.15, 0.2) is 0 Å². The summed E-state index contributed by atoms with van der Waals surface area (Å²) in [6, 6.07) is 5.40. The van der Waals surface area contributed by atoms with Gasteiger partial charge in [0.05, 0.1) is 11.1 Å². The van der Waals surface area contributed by atoms with Crippen LogP contribution in [0.15, 0.2) is 22.7 Å². The van der Waals surface area contributed by atoms with Gasteiger partial charge in [-0.15, -0.1) is 0 Å². The minimum Gasteiger partial charge on any atom is -0.383 e. The van der Waals surface area contributed by atoms with Crippen LogP contribution in [-0.4, -0.2) is 31.7 Å². The summed E-state index contributed by atoms with van der Waals surface area (Å²) in [5.41, 5.74) is 0.949. The molecule has 0 aliphatic carbocycles. The molecular formula is C12H17BrFNO. The molecular weight excluding hydrogens is 273 g/mol. The lowest BCUT2D eigenvalue weighted by Crippen LogP contribution is -2.32. The van der Waals surface area contributed by atoms with E-state index in [4.69, 9.17) is 4.74 Å². The number of ether oxygens (including phenoxy) is 1. The van der Waals surface area contributed by atoms with Gasteiger partial charge >= 0.3 is 0 Å². The van der Waals surface area contributed by atoms with Crippen LogP contribution in [0.2, 0.25) is 0 Å². The molecule has 1 atom stereocenters. The van der Waals surface area contributed by atoms with E-state index >= 15 is 0 Å². The average molecular weight is 290 g/mol. The Kier molecular flexibility index (Phi) is 5.38. The Labute approximate surface area is 105 Å². The first kappa shape index (κ1) is 13.6. The third kappa shape index (κ3) is 3.54. The fourth-order valence-corrected chi connectivity index (χ4v) is 1.85. The zero-order chi connectivity index (χ0) is 12.1. The summed E-state index contributed by atoms with van der Waals surface area (Å²) < 4.78 is 18.9. The molecule has 1 rings (SSSR count). The molecule has 90 valence electrons. The minimum atomic E-state index is -0.217. The molecule has 0 amide bonds. The molecule has 0 aliphatic heterocycles. The monoisotopic (exact) mass is 289 g/mol. The van der Waals surface area contributed by atoms with E-state index in [0.29, 0.717) is 23.7 Å². The fourth-order valence-electron chi connectivity index (χ4n) is 1.46. The van der Waals surface area contributed by atoms with E-state index in [9.17, 15) is 4.39 Å². The molecule has 1 aromatic rings. The van der Waals surface area contributed by atoms with E-state index < -0.39 is 0 Å². The average Bonchev–Trinajstić information content (AvgIpc) is 2.25. The van der Waals surface area contributed by atoms with Gasteiger partial charge in [-0.25, -0.2) is 4.39 Å². The highest BCUT2D eigenvalue weighted by atomic mass is 79.9. The lowest BCUT2D eigenvalue weighted by Gasteiger charge is -2.24. The van der Waals surface area contributed by atoms with E-state index in [-0.39, 0.29) is 5.82 Å². The van der Waals surface area contributed by atoms with Crippen molar-refractivity contribution >= 4 is 15.9 Å². The number of halogens is 2. The van der Waals surface area contributed by atoms with Crippen molar-refractivity contribution in [3.8, 4) is 0 Å². The number of nitrogens with zero attached hydrogens (tertiary/aromatic N) is 1. The molecule has 1 unspecified atom stereocenters. The predicted molar refractivity (Wildman–Crippen MR) is 66.9 cm³/mol. The summed E-state index contributed by atoms with van der Waals surface area (Å²) in [6.07, 6.45) is 0. The Morgan fingerprint density at radius 3 is 2.81 bits per heavy atom. The second-order valence-electron chi connectivity index (χ2n) is 3.93. The molecule has 1 aromatic carbocycles. The van der Waals surface area contributed by atoms with Crippen LogP contribution in [0.5, 0.6) is 0 Å². The van der Waals surface area contributed by atoms with Crippen molar-refractivity contribution in [2.75, 3.05) is 20.8 Å². The number of methoxy groups -OCH3 is 1. The van der Waals surface area contributed by atoms with Crippen LogP contribution in [0, 0.1) is 5.82 Å². The first-order chi connectivity index (χ1) is 7.56. The number of rotatable bonds is 5. The molecule has 0 spiro atoms. The van der Waals surface area contributed by atoms with Crippen LogP contribution in [-0.2, 0) is 11.3 Å². The van der Waals surface area contributed by atoms with Crippen LogP contribution < -0.4 is 0 Å². The number of hydrogen-bond donors (Lipinski definition) is 0. The maximum absolute atomic E-state index is 13.3. The number of hydrogen-bond acceptors (Lipinski definition) is 2. The predicted octanol–water partition coefficient (Wildman–Crippen LogP) is 3.05. The van der Waals surface area contributed by atoms with Crippen molar-refractivity contribution < 1.29 is 9.13 Å². The highest BCUT2D eigenvalue weighted by Gasteiger charge is 2.12. The molecule has 16 heavy (non-hydrogen) atoms. The largest absolute Gasteiger partial charge is 0.383 e. The minimum absolute atomic E-state index is 0.217. The van der Waals surface area contributed by atoms with E-state index in [1.165, 1.54) is 6.07 Å². The molecule has 0 heterocycles. The van der Waals surface area contributed by atoms with Crippen molar-refractivity contribution in [1.29, 1.82) is 0 Å². The van der Waals surface area contributed by atoms with Crippen molar-refractivity contribution in [3.63, 3.8) is 0 Å². The quantitative estimate of drug-likeness (QED) is 0.826. The third-order valence-electron chi connectivity index (χ3n) is 2.61. The summed E-state index contributed by atoms with van der Waals surface area (Å²) in [5.74, 6) is -0.217. The van der Waals surface area contributed by atoms with Crippen LogP contribution in [0.4, 0.5) is 4.39 Å². The Hall–Kier alpha value is -0.450. The molecule has 0 bridgehead atoms. The molecule has 0 aromatic heterocycles. The molecule has 0 fully saturated rings. The number of likely N-dealkylation sites (N-methyl/N-ethyl adjacent to an activating group) is 1. The first-order valence-electron chi connectivity index (χ1n) is 5.18. The standard InChI is InChI=1S/C12H17BrFNO/c1-9(8-16-3)15(2)7-10-5-4-6-11(14)12(10)13/h4-6,9H,7-8H2,1-3H3. The maximum Gasteiger partial charge on any atom is 0.137 e. The van der Waals surface area contributed by atoms with Gasteiger partial charge in [0, 0.05) is 19.7 Å². The van der Waals surface area contributed by atoms with Crippen LogP contribution >= 0.6 is 15.9 Å². The highest BCUT2D eigenvalue weighted by molar-refractivity contribution is 9.10. The third-order valence-corrected chi connectivity index (χ3v) is 3.50. The van der Waals surface area contributed by atoms with Gasteiger partial charge in [0.1, 0.15) is 5.82 Å². The van der Waals surface area contributed by atoms with Gasteiger partial charge in [0.2, 0.25) is 0 Å². The first-order valence-corrected chi connectivity index (χ1v) is 5.97. The molecule has 0 saturated carbocycles. The van der Waals surface area contributed by atoms with E-state index in [1.54, 1.807) is 13.2 Å². The topological polar surface area (TPSA) is 12.5 Å². The summed E-state index contributed by atoms with van der Waals surface area (Å²) >= 11 is 3.26. The lowest BCUT2D eigenvalue weighted by molar-refractivity contribution is 0.112. The Morgan fingerprint density at radius 1 is 1.50 bits per heavy atom. The van der Waals surface area contributed by atoms with Crippen LogP contribution in [0.3, 0.4) is 0 Å². The molecule has 4 heteroatoms. The summed E-state index contributed by atoms with van der Waals surface area (Å²) in [5, 5.41) is 0. The number of benzene rings is 1. The highest BCUT2D eigenvalue weighted by Crippen LogP contribution is 2.21. The second-order valence-corrected chi connectivity index (χ2v) is 4.73. The second kappa shape index (κ2) is 6.33. The van der Waals surface area contributed by atoms with E-state index in [0.717, 1.165) is 5.56 Å². The maximum atomic E-state index is 13.3. The molecule has 2 nitrogen and oxygen atoms in total. The fraction of sp³-hybridized carbons (Fsp3) is 0.500. The van der Waals surface area contributed by atoms with Gasteiger partial charge in [-0.1, -0.05) is 12.1 Å². The van der Waals surface area contributed by atoms with Crippen molar-refractivity contribution in [1.82, 2.24) is 4.90 Å². The van der Waals surface area contributed by atoms with Gasteiger partial charge in [-0.3, -0.25) is 4.90 Å². The Balaban J connectivity index is 2.69. The van der Waals surface area contributed by atoms with Gasteiger partial charge < -0.3 is 4.74 Å². The zero-order valence-electron chi connectivity index (χ0n) is 9.84. The summed E-state index contributed by atoms with van der Waals surface area (Å²) in [4.78, 5) is 2.13. The normalized spacial score (nSPS) is 13.1.